The number of pyridine rings is 1. The summed E-state index contributed by atoms with van der Waals surface area (Å²) in [4.78, 5) is 4.43. The van der Waals surface area contributed by atoms with Gasteiger partial charge in [0.1, 0.15) is 5.82 Å². The minimum atomic E-state index is -0.182. The van der Waals surface area contributed by atoms with Crippen molar-refractivity contribution in [3.05, 3.63) is 63.6 Å². The molecule has 0 amide bonds. The molecule has 0 aliphatic carbocycles. The largest absolute Gasteiger partial charge is 0.310 e. The number of hydrogen-bond donors (Lipinski definition) is 1. The van der Waals surface area contributed by atoms with Crippen LogP contribution in [0.25, 0.3) is 0 Å². The van der Waals surface area contributed by atoms with Crippen molar-refractivity contribution in [1.29, 1.82) is 0 Å². The molecule has 1 N–H and O–H groups in total. The maximum absolute atomic E-state index is 14.1. The molecule has 2 rings (SSSR count). The fourth-order valence-corrected chi connectivity index (χ4v) is 2.60. The highest BCUT2D eigenvalue weighted by molar-refractivity contribution is 9.10. The lowest BCUT2D eigenvalue weighted by molar-refractivity contribution is 0.493. The Bertz CT molecular complexity index is 584. The number of rotatable bonds is 6. The highest BCUT2D eigenvalue weighted by atomic mass is 79.9. The van der Waals surface area contributed by atoms with Gasteiger partial charge in [-0.25, -0.2) is 4.39 Å². The van der Waals surface area contributed by atoms with Gasteiger partial charge in [0, 0.05) is 34.4 Å². The molecule has 1 aromatic carbocycles. The molecule has 21 heavy (non-hydrogen) atoms. The van der Waals surface area contributed by atoms with E-state index in [2.05, 4.69) is 33.2 Å². The molecule has 0 saturated heterocycles. The Hall–Kier alpha value is -1.26. The summed E-state index contributed by atoms with van der Waals surface area (Å²) < 4.78 is 15.0. The molecule has 0 fully saturated rings. The minimum absolute atomic E-state index is 0.0716. The number of hydrogen-bond acceptors (Lipinski definition) is 2. The van der Waals surface area contributed by atoms with Crippen molar-refractivity contribution in [3.8, 4) is 0 Å². The zero-order valence-electron chi connectivity index (χ0n) is 12.4. The van der Waals surface area contributed by atoms with Gasteiger partial charge in [0.2, 0.25) is 0 Å². The summed E-state index contributed by atoms with van der Waals surface area (Å²) in [5.74, 6) is -0.182. The minimum Gasteiger partial charge on any atom is -0.310 e. The second kappa shape index (κ2) is 7.66. The van der Waals surface area contributed by atoms with E-state index in [1.165, 1.54) is 6.07 Å². The van der Waals surface area contributed by atoms with E-state index < -0.39 is 0 Å². The summed E-state index contributed by atoms with van der Waals surface area (Å²) in [7, 11) is 0. The molecular weight excluding hydrogens is 331 g/mol. The van der Waals surface area contributed by atoms with E-state index in [9.17, 15) is 4.39 Å². The van der Waals surface area contributed by atoms with Crippen LogP contribution in [0.5, 0.6) is 0 Å². The first kappa shape index (κ1) is 16.1. The SMILES string of the molecule is CCCNC(Cc1ccc(C)cn1)c1cc(Br)ccc1F. The lowest BCUT2D eigenvalue weighted by Crippen LogP contribution is -2.25. The zero-order chi connectivity index (χ0) is 15.2. The van der Waals surface area contributed by atoms with E-state index in [1.807, 2.05) is 31.3 Å². The average Bonchev–Trinajstić information content (AvgIpc) is 2.48. The number of aromatic nitrogens is 1. The zero-order valence-corrected chi connectivity index (χ0v) is 14.0. The smallest absolute Gasteiger partial charge is 0.128 e. The standard InChI is InChI=1S/C17H20BrFN2/c1-3-8-20-17(10-14-6-4-12(2)11-21-14)15-9-13(18)5-7-16(15)19/h4-7,9,11,17,20H,3,8,10H2,1-2H3. The Morgan fingerprint density at radius 2 is 2.10 bits per heavy atom. The molecular formula is C17H20BrFN2. The number of nitrogens with zero attached hydrogens (tertiary/aromatic N) is 1. The molecule has 0 bridgehead atoms. The van der Waals surface area contributed by atoms with Gasteiger partial charge in [-0.3, -0.25) is 4.98 Å². The lowest BCUT2D eigenvalue weighted by Gasteiger charge is -2.20. The van der Waals surface area contributed by atoms with Crippen molar-refractivity contribution in [2.45, 2.75) is 32.7 Å². The van der Waals surface area contributed by atoms with Gasteiger partial charge in [0.25, 0.3) is 0 Å². The fourth-order valence-electron chi connectivity index (χ4n) is 2.22. The van der Waals surface area contributed by atoms with Crippen molar-refractivity contribution in [2.75, 3.05) is 6.54 Å². The monoisotopic (exact) mass is 350 g/mol. The summed E-state index contributed by atoms with van der Waals surface area (Å²) in [5.41, 5.74) is 2.78. The molecule has 112 valence electrons. The van der Waals surface area contributed by atoms with E-state index in [0.717, 1.165) is 28.7 Å². The molecule has 1 atom stereocenters. The Kier molecular flexibility index (Phi) is 5.88. The predicted molar refractivity (Wildman–Crippen MR) is 87.8 cm³/mol. The molecule has 0 spiro atoms. The van der Waals surface area contributed by atoms with E-state index in [-0.39, 0.29) is 11.9 Å². The summed E-state index contributed by atoms with van der Waals surface area (Å²) in [6.45, 7) is 4.96. The first-order valence-electron chi connectivity index (χ1n) is 7.20. The van der Waals surface area contributed by atoms with Crippen LogP contribution in [-0.4, -0.2) is 11.5 Å². The molecule has 0 aliphatic heterocycles. The molecule has 1 heterocycles. The van der Waals surface area contributed by atoms with Crippen LogP contribution in [0.3, 0.4) is 0 Å². The summed E-state index contributed by atoms with van der Waals surface area (Å²) in [5, 5.41) is 3.42. The molecule has 2 nitrogen and oxygen atoms in total. The van der Waals surface area contributed by atoms with Crippen LogP contribution >= 0.6 is 15.9 Å². The Labute approximate surface area is 133 Å². The van der Waals surface area contributed by atoms with Gasteiger partial charge in [-0.1, -0.05) is 28.9 Å². The third-order valence-electron chi connectivity index (χ3n) is 3.36. The van der Waals surface area contributed by atoms with Crippen LogP contribution in [0, 0.1) is 12.7 Å². The normalized spacial score (nSPS) is 12.4. The second-order valence-electron chi connectivity index (χ2n) is 5.20. The molecule has 1 unspecified atom stereocenters. The van der Waals surface area contributed by atoms with Gasteiger partial charge in [-0.2, -0.15) is 0 Å². The van der Waals surface area contributed by atoms with Crippen molar-refractivity contribution in [3.63, 3.8) is 0 Å². The molecule has 0 saturated carbocycles. The fraction of sp³-hybridized carbons (Fsp3) is 0.353. The van der Waals surface area contributed by atoms with Crippen LogP contribution in [0.2, 0.25) is 0 Å². The van der Waals surface area contributed by atoms with Gasteiger partial charge in [0.05, 0.1) is 0 Å². The average molecular weight is 351 g/mol. The quantitative estimate of drug-likeness (QED) is 0.824. The predicted octanol–water partition coefficient (Wildman–Crippen LogP) is 4.58. The molecule has 4 heteroatoms. The molecule has 0 radical (unpaired) electrons. The van der Waals surface area contributed by atoms with E-state index in [1.54, 1.807) is 6.07 Å². The van der Waals surface area contributed by atoms with E-state index >= 15 is 0 Å². The Morgan fingerprint density at radius 1 is 1.29 bits per heavy atom. The van der Waals surface area contributed by atoms with Crippen LogP contribution in [0.1, 0.15) is 36.2 Å². The van der Waals surface area contributed by atoms with Gasteiger partial charge < -0.3 is 5.32 Å². The van der Waals surface area contributed by atoms with Crippen LogP contribution in [0.4, 0.5) is 4.39 Å². The third-order valence-corrected chi connectivity index (χ3v) is 3.85. The first-order chi connectivity index (χ1) is 10.1. The molecule has 0 aliphatic rings. The van der Waals surface area contributed by atoms with Crippen molar-refractivity contribution >= 4 is 15.9 Å². The number of nitrogens with one attached hydrogen (secondary N) is 1. The molecule has 2 aromatic rings. The van der Waals surface area contributed by atoms with Gasteiger partial charge in [0.15, 0.2) is 0 Å². The Balaban J connectivity index is 2.25. The Morgan fingerprint density at radius 3 is 2.76 bits per heavy atom. The van der Waals surface area contributed by atoms with Crippen LogP contribution < -0.4 is 5.32 Å². The van der Waals surface area contributed by atoms with E-state index in [4.69, 9.17) is 0 Å². The molecule has 1 aromatic heterocycles. The highest BCUT2D eigenvalue weighted by Crippen LogP contribution is 2.24. The summed E-state index contributed by atoms with van der Waals surface area (Å²) in [6, 6.07) is 9.04. The lowest BCUT2D eigenvalue weighted by atomic mass is 10.0. The van der Waals surface area contributed by atoms with Crippen molar-refractivity contribution < 1.29 is 4.39 Å². The highest BCUT2D eigenvalue weighted by Gasteiger charge is 2.16. The first-order valence-corrected chi connectivity index (χ1v) is 7.99. The topological polar surface area (TPSA) is 24.9 Å². The van der Waals surface area contributed by atoms with Crippen molar-refractivity contribution in [1.82, 2.24) is 10.3 Å². The van der Waals surface area contributed by atoms with Gasteiger partial charge in [-0.15, -0.1) is 0 Å². The van der Waals surface area contributed by atoms with Crippen LogP contribution in [-0.2, 0) is 6.42 Å². The second-order valence-corrected chi connectivity index (χ2v) is 6.12. The summed E-state index contributed by atoms with van der Waals surface area (Å²) >= 11 is 3.42. The number of aryl methyl sites for hydroxylation is 1. The number of halogens is 2. The maximum Gasteiger partial charge on any atom is 0.128 e. The number of benzene rings is 1. The maximum atomic E-state index is 14.1. The van der Waals surface area contributed by atoms with Crippen molar-refractivity contribution in [2.24, 2.45) is 0 Å². The van der Waals surface area contributed by atoms with E-state index in [0.29, 0.717) is 12.0 Å². The van der Waals surface area contributed by atoms with Gasteiger partial charge in [-0.05, 0) is 49.7 Å². The van der Waals surface area contributed by atoms with Gasteiger partial charge >= 0.3 is 0 Å². The third kappa shape index (κ3) is 4.61. The van der Waals surface area contributed by atoms with Crippen LogP contribution in [0.15, 0.2) is 41.0 Å². The summed E-state index contributed by atoms with van der Waals surface area (Å²) in [6.07, 6.45) is 3.53.